The normalized spacial score (nSPS) is 15.2. The van der Waals surface area contributed by atoms with E-state index in [2.05, 4.69) is 17.0 Å². The fourth-order valence-corrected chi connectivity index (χ4v) is 2.70. The number of nitrogens with zero attached hydrogens (tertiary/aromatic N) is 2. The Morgan fingerprint density at radius 3 is 2.26 bits per heavy atom. The average Bonchev–Trinajstić information content (AvgIpc) is 2.62. The molecule has 0 bridgehead atoms. The number of carbonyl (C=O) groups excluding carboxylic acids is 1. The van der Waals surface area contributed by atoms with Gasteiger partial charge in [-0.15, -0.1) is 0 Å². The number of para-hydroxylation sites is 1. The first kappa shape index (κ1) is 15.3. The Kier molecular flexibility index (Phi) is 4.71. The molecule has 1 amide bonds. The van der Waals surface area contributed by atoms with Crippen molar-refractivity contribution in [2.45, 2.75) is 0 Å². The lowest BCUT2D eigenvalue weighted by Gasteiger charge is -2.35. The Morgan fingerprint density at radius 2 is 1.57 bits per heavy atom. The van der Waals surface area contributed by atoms with Crippen LogP contribution in [0.15, 0.2) is 60.7 Å². The number of amides is 1. The molecule has 2 aromatic rings. The Bertz CT molecular complexity index is 692. The molecule has 3 nitrogen and oxygen atoms in total. The maximum absolute atomic E-state index is 13.5. The molecule has 1 aliphatic heterocycles. The average molecular weight is 310 g/mol. The van der Waals surface area contributed by atoms with E-state index >= 15 is 0 Å². The van der Waals surface area contributed by atoms with Gasteiger partial charge in [-0.05, 0) is 24.3 Å². The molecule has 0 unspecified atom stereocenters. The summed E-state index contributed by atoms with van der Waals surface area (Å²) in [6.45, 7) is 2.97. The van der Waals surface area contributed by atoms with Crippen LogP contribution in [-0.2, 0) is 4.79 Å². The van der Waals surface area contributed by atoms with E-state index < -0.39 is 0 Å². The molecule has 1 fully saturated rings. The van der Waals surface area contributed by atoms with E-state index in [0.717, 1.165) is 13.1 Å². The van der Waals surface area contributed by atoms with Crippen molar-refractivity contribution in [2.75, 3.05) is 31.1 Å². The molecule has 118 valence electrons. The predicted molar refractivity (Wildman–Crippen MR) is 90.7 cm³/mol. The topological polar surface area (TPSA) is 23.6 Å². The molecule has 0 spiro atoms. The van der Waals surface area contributed by atoms with Gasteiger partial charge in [-0.1, -0.05) is 36.4 Å². The van der Waals surface area contributed by atoms with Gasteiger partial charge in [0.05, 0.1) is 0 Å². The fraction of sp³-hybridized carbons (Fsp3) is 0.211. The molecular formula is C19H19FN2O. The van der Waals surface area contributed by atoms with Crippen LogP contribution in [0.1, 0.15) is 5.56 Å². The summed E-state index contributed by atoms with van der Waals surface area (Å²) in [7, 11) is 0. The number of hydrogen-bond donors (Lipinski definition) is 0. The highest BCUT2D eigenvalue weighted by molar-refractivity contribution is 5.92. The zero-order valence-electron chi connectivity index (χ0n) is 12.9. The van der Waals surface area contributed by atoms with Crippen LogP contribution in [0.3, 0.4) is 0 Å². The third kappa shape index (κ3) is 3.77. The SMILES string of the molecule is O=C(/C=C/c1ccccc1F)N1CCN(c2ccccc2)CC1. The van der Waals surface area contributed by atoms with E-state index in [1.165, 1.54) is 17.8 Å². The Hall–Kier alpha value is -2.62. The number of hydrogen-bond acceptors (Lipinski definition) is 2. The molecule has 0 atom stereocenters. The minimum Gasteiger partial charge on any atom is -0.368 e. The molecule has 0 radical (unpaired) electrons. The van der Waals surface area contributed by atoms with Gasteiger partial charge in [0.2, 0.25) is 5.91 Å². The van der Waals surface area contributed by atoms with Crippen LogP contribution >= 0.6 is 0 Å². The summed E-state index contributed by atoms with van der Waals surface area (Å²) in [5.41, 5.74) is 1.62. The van der Waals surface area contributed by atoms with Gasteiger partial charge in [0.15, 0.2) is 0 Å². The van der Waals surface area contributed by atoms with Crippen LogP contribution in [-0.4, -0.2) is 37.0 Å². The zero-order chi connectivity index (χ0) is 16.1. The highest BCUT2D eigenvalue weighted by Crippen LogP contribution is 2.16. The van der Waals surface area contributed by atoms with E-state index in [4.69, 9.17) is 0 Å². The summed E-state index contributed by atoms with van der Waals surface area (Å²) in [5, 5.41) is 0. The third-order valence-corrected chi connectivity index (χ3v) is 4.02. The van der Waals surface area contributed by atoms with Crippen molar-refractivity contribution in [3.63, 3.8) is 0 Å². The second-order valence-electron chi connectivity index (χ2n) is 5.50. The quantitative estimate of drug-likeness (QED) is 0.813. The molecule has 4 heteroatoms. The first-order valence-corrected chi connectivity index (χ1v) is 7.75. The van der Waals surface area contributed by atoms with Crippen molar-refractivity contribution in [1.82, 2.24) is 4.90 Å². The first-order chi connectivity index (χ1) is 11.2. The lowest BCUT2D eigenvalue weighted by molar-refractivity contribution is -0.126. The van der Waals surface area contributed by atoms with Crippen LogP contribution in [0.5, 0.6) is 0 Å². The van der Waals surface area contributed by atoms with E-state index in [9.17, 15) is 9.18 Å². The molecule has 3 rings (SSSR count). The molecule has 23 heavy (non-hydrogen) atoms. The molecule has 1 heterocycles. The summed E-state index contributed by atoms with van der Waals surface area (Å²) >= 11 is 0. The second kappa shape index (κ2) is 7.09. The summed E-state index contributed by atoms with van der Waals surface area (Å²) in [5.74, 6) is -0.383. The Balaban J connectivity index is 1.57. The van der Waals surface area contributed by atoms with Gasteiger partial charge in [0, 0.05) is 43.5 Å². The van der Waals surface area contributed by atoms with Crippen LogP contribution in [0.2, 0.25) is 0 Å². The van der Waals surface area contributed by atoms with Gasteiger partial charge in [-0.2, -0.15) is 0 Å². The molecular weight excluding hydrogens is 291 g/mol. The van der Waals surface area contributed by atoms with Crippen molar-refractivity contribution >= 4 is 17.7 Å². The minimum absolute atomic E-state index is 0.0686. The van der Waals surface area contributed by atoms with Gasteiger partial charge in [0.25, 0.3) is 0 Å². The largest absolute Gasteiger partial charge is 0.368 e. The van der Waals surface area contributed by atoms with Crippen molar-refractivity contribution in [3.8, 4) is 0 Å². The number of anilines is 1. The third-order valence-electron chi connectivity index (χ3n) is 4.02. The first-order valence-electron chi connectivity index (χ1n) is 7.75. The molecule has 1 aliphatic rings. The number of benzene rings is 2. The Morgan fingerprint density at radius 1 is 0.913 bits per heavy atom. The van der Waals surface area contributed by atoms with Crippen molar-refractivity contribution in [3.05, 3.63) is 72.1 Å². The van der Waals surface area contributed by atoms with Crippen molar-refractivity contribution < 1.29 is 9.18 Å². The number of halogens is 1. The highest BCUT2D eigenvalue weighted by Gasteiger charge is 2.19. The van der Waals surface area contributed by atoms with E-state index in [0.29, 0.717) is 18.7 Å². The summed E-state index contributed by atoms with van der Waals surface area (Å²) in [4.78, 5) is 16.3. The molecule has 0 N–H and O–H groups in total. The lowest BCUT2D eigenvalue weighted by Crippen LogP contribution is -2.48. The smallest absolute Gasteiger partial charge is 0.246 e. The zero-order valence-corrected chi connectivity index (χ0v) is 12.9. The maximum atomic E-state index is 13.5. The van der Waals surface area contributed by atoms with Gasteiger partial charge < -0.3 is 9.80 Å². The number of rotatable bonds is 3. The van der Waals surface area contributed by atoms with Crippen LogP contribution in [0, 0.1) is 5.82 Å². The summed E-state index contributed by atoms with van der Waals surface area (Å²) in [6.07, 6.45) is 3.00. The number of piperazine rings is 1. The van der Waals surface area contributed by atoms with Crippen LogP contribution in [0.25, 0.3) is 6.08 Å². The van der Waals surface area contributed by atoms with Crippen LogP contribution in [0.4, 0.5) is 10.1 Å². The van der Waals surface area contributed by atoms with Crippen LogP contribution < -0.4 is 4.90 Å². The van der Waals surface area contributed by atoms with E-state index in [1.54, 1.807) is 29.2 Å². The monoisotopic (exact) mass is 310 g/mol. The highest BCUT2D eigenvalue weighted by atomic mass is 19.1. The fourth-order valence-electron chi connectivity index (χ4n) is 2.70. The summed E-state index contributed by atoms with van der Waals surface area (Å²) < 4.78 is 13.5. The lowest BCUT2D eigenvalue weighted by atomic mass is 10.2. The van der Waals surface area contributed by atoms with Gasteiger partial charge in [0.1, 0.15) is 5.82 Å². The summed E-state index contributed by atoms with van der Waals surface area (Å²) in [6, 6.07) is 16.6. The number of carbonyl (C=O) groups is 1. The standard InChI is InChI=1S/C19H19FN2O/c20-18-9-5-4-6-16(18)10-11-19(23)22-14-12-21(13-15-22)17-7-2-1-3-8-17/h1-11H,12-15H2/b11-10+. The molecule has 0 saturated carbocycles. The van der Waals surface area contributed by atoms with E-state index in [-0.39, 0.29) is 11.7 Å². The molecule has 2 aromatic carbocycles. The molecule has 0 aromatic heterocycles. The van der Waals surface area contributed by atoms with Gasteiger partial charge >= 0.3 is 0 Å². The predicted octanol–water partition coefficient (Wildman–Crippen LogP) is 3.19. The minimum atomic E-state index is -0.314. The van der Waals surface area contributed by atoms with Crippen molar-refractivity contribution in [2.24, 2.45) is 0 Å². The molecule has 0 aliphatic carbocycles. The van der Waals surface area contributed by atoms with Gasteiger partial charge in [-0.25, -0.2) is 4.39 Å². The maximum Gasteiger partial charge on any atom is 0.246 e. The second-order valence-corrected chi connectivity index (χ2v) is 5.50. The van der Waals surface area contributed by atoms with Gasteiger partial charge in [-0.3, -0.25) is 4.79 Å². The Labute approximate surface area is 135 Å². The van der Waals surface area contributed by atoms with E-state index in [1.807, 2.05) is 18.2 Å². The molecule has 1 saturated heterocycles. The van der Waals surface area contributed by atoms with Crippen molar-refractivity contribution in [1.29, 1.82) is 0 Å².